The highest BCUT2D eigenvalue weighted by Crippen LogP contribution is 2.25. The Balaban J connectivity index is 1.75. The zero-order valence-electron chi connectivity index (χ0n) is 15.3. The molecule has 0 radical (unpaired) electrons. The maximum absolute atomic E-state index is 12.7. The molecule has 0 spiro atoms. The number of rotatable bonds is 6. The molecule has 4 nitrogen and oxygen atoms in total. The number of benzene rings is 3. The SMILES string of the molecule is N#CC(=Cc1ccc(OCc2ccc(Cl)c(Cl)c2)cc1)S(=O)(=O)c1ccc(Cl)cc1. The summed E-state index contributed by atoms with van der Waals surface area (Å²) in [6, 6.07) is 19.3. The van der Waals surface area contributed by atoms with E-state index in [1.807, 2.05) is 6.07 Å². The molecular weight excluding hydrogens is 465 g/mol. The van der Waals surface area contributed by atoms with E-state index < -0.39 is 9.84 Å². The van der Waals surface area contributed by atoms with Gasteiger partial charge in [-0.3, -0.25) is 0 Å². The molecule has 0 unspecified atom stereocenters. The Morgan fingerprint density at radius 3 is 2.20 bits per heavy atom. The highest BCUT2D eigenvalue weighted by Gasteiger charge is 2.20. The van der Waals surface area contributed by atoms with Crippen LogP contribution in [-0.2, 0) is 16.4 Å². The summed E-state index contributed by atoms with van der Waals surface area (Å²) in [5.41, 5.74) is 1.40. The minimum atomic E-state index is -3.94. The first-order valence-electron chi connectivity index (χ1n) is 8.59. The molecular formula is C22H14Cl3NO3S. The molecule has 0 bridgehead atoms. The average Bonchev–Trinajstić information content (AvgIpc) is 2.74. The molecule has 0 amide bonds. The molecule has 0 aromatic heterocycles. The third kappa shape index (κ3) is 5.35. The zero-order chi connectivity index (χ0) is 21.7. The molecule has 0 saturated carbocycles. The summed E-state index contributed by atoms with van der Waals surface area (Å²) in [6.07, 6.45) is 1.31. The summed E-state index contributed by atoms with van der Waals surface area (Å²) in [4.78, 5) is -0.365. The summed E-state index contributed by atoms with van der Waals surface area (Å²) in [5, 5.41) is 10.7. The van der Waals surface area contributed by atoms with E-state index in [2.05, 4.69) is 0 Å². The van der Waals surface area contributed by atoms with Gasteiger partial charge in [0.15, 0.2) is 0 Å². The van der Waals surface area contributed by atoms with E-state index in [-0.39, 0.29) is 9.80 Å². The first-order valence-corrected chi connectivity index (χ1v) is 11.2. The Bertz CT molecular complexity index is 1230. The summed E-state index contributed by atoms with van der Waals surface area (Å²) in [5.74, 6) is 0.581. The van der Waals surface area contributed by atoms with E-state index in [0.29, 0.717) is 33.0 Å². The predicted molar refractivity (Wildman–Crippen MR) is 119 cm³/mol. The monoisotopic (exact) mass is 477 g/mol. The lowest BCUT2D eigenvalue weighted by Crippen LogP contribution is -2.03. The normalized spacial score (nSPS) is 11.7. The Kier molecular flexibility index (Phi) is 7.06. The van der Waals surface area contributed by atoms with Crippen LogP contribution < -0.4 is 4.74 Å². The Hall–Kier alpha value is -2.49. The van der Waals surface area contributed by atoms with Crippen molar-refractivity contribution in [2.24, 2.45) is 0 Å². The van der Waals surface area contributed by atoms with E-state index in [0.717, 1.165) is 5.56 Å². The van der Waals surface area contributed by atoms with E-state index >= 15 is 0 Å². The van der Waals surface area contributed by atoms with Crippen LogP contribution in [0.4, 0.5) is 0 Å². The number of sulfone groups is 1. The fraction of sp³-hybridized carbons (Fsp3) is 0.0455. The number of allylic oxidation sites excluding steroid dienone is 1. The number of halogens is 3. The van der Waals surface area contributed by atoms with Crippen LogP contribution in [0.25, 0.3) is 6.08 Å². The van der Waals surface area contributed by atoms with E-state index in [1.54, 1.807) is 42.5 Å². The van der Waals surface area contributed by atoms with Crippen molar-refractivity contribution in [2.75, 3.05) is 0 Å². The molecule has 8 heteroatoms. The standard InChI is InChI=1S/C22H14Cl3NO3S/c23-17-4-8-19(9-5-17)30(27,28)20(13-26)11-15-1-6-18(7-2-15)29-14-16-3-10-21(24)22(25)12-16/h1-12H,14H2. The molecule has 0 fully saturated rings. The Morgan fingerprint density at radius 1 is 0.933 bits per heavy atom. The van der Waals surface area contributed by atoms with Crippen LogP contribution in [0.2, 0.25) is 15.1 Å². The molecule has 152 valence electrons. The Labute approximate surface area is 189 Å². The van der Waals surface area contributed by atoms with Crippen LogP contribution in [0.5, 0.6) is 5.75 Å². The second-order valence-electron chi connectivity index (χ2n) is 6.18. The lowest BCUT2D eigenvalue weighted by atomic mass is 10.2. The lowest BCUT2D eigenvalue weighted by molar-refractivity contribution is 0.306. The van der Waals surface area contributed by atoms with Crippen LogP contribution in [0.15, 0.2) is 76.5 Å². The molecule has 30 heavy (non-hydrogen) atoms. The third-order valence-electron chi connectivity index (χ3n) is 4.09. The fourth-order valence-corrected chi connectivity index (χ4v) is 4.12. The molecule has 0 atom stereocenters. The van der Waals surface area contributed by atoms with Crippen molar-refractivity contribution < 1.29 is 13.2 Å². The van der Waals surface area contributed by atoms with Crippen molar-refractivity contribution in [2.45, 2.75) is 11.5 Å². The maximum Gasteiger partial charge on any atom is 0.216 e. The molecule has 3 aromatic rings. The number of ether oxygens (including phenoxy) is 1. The highest BCUT2D eigenvalue weighted by atomic mass is 35.5. The van der Waals surface area contributed by atoms with Crippen molar-refractivity contribution in [3.8, 4) is 11.8 Å². The van der Waals surface area contributed by atoms with Crippen molar-refractivity contribution in [1.29, 1.82) is 5.26 Å². The fourth-order valence-electron chi connectivity index (χ4n) is 2.52. The topological polar surface area (TPSA) is 67.2 Å². The van der Waals surface area contributed by atoms with Gasteiger partial charge < -0.3 is 4.74 Å². The second kappa shape index (κ2) is 9.55. The minimum absolute atomic E-state index is 0.00118. The molecule has 3 aromatic carbocycles. The number of hydrogen-bond acceptors (Lipinski definition) is 4. The van der Waals surface area contributed by atoms with Gasteiger partial charge in [0.1, 0.15) is 23.3 Å². The van der Waals surface area contributed by atoms with Gasteiger partial charge in [0.2, 0.25) is 9.84 Å². The second-order valence-corrected chi connectivity index (χ2v) is 9.35. The summed E-state index contributed by atoms with van der Waals surface area (Å²) in [6.45, 7) is 0.292. The van der Waals surface area contributed by atoms with Crippen molar-refractivity contribution >= 4 is 50.7 Å². The van der Waals surface area contributed by atoms with Gasteiger partial charge in [-0.25, -0.2) is 8.42 Å². The molecule has 0 heterocycles. The molecule has 3 rings (SSSR count). The van der Waals surface area contributed by atoms with Crippen LogP contribution in [0.1, 0.15) is 11.1 Å². The molecule has 0 N–H and O–H groups in total. The van der Waals surface area contributed by atoms with Gasteiger partial charge in [-0.05, 0) is 65.7 Å². The third-order valence-corrected chi connectivity index (χ3v) is 6.76. The maximum atomic E-state index is 12.7. The number of nitriles is 1. The van der Waals surface area contributed by atoms with Gasteiger partial charge in [0.25, 0.3) is 0 Å². The first kappa shape index (κ1) is 22.2. The molecule has 0 saturated heterocycles. The van der Waals surface area contributed by atoms with Crippen molar-refractivity contribution in [3.63, 3.8) is 0 Å². The minimum Gasteiger partial charge on any atom is -0.489 e. The molecule has 0 aliphatic rings. The van der Waals surface area contributed by atoms with Gasteiger partial charge in [-0.2, -0.15) is 5.26 Å². The summed E-state index contributed by atoms with van der Waals surface area (Å²) in [7, 11) is -3.94. The first-order chi connectivity index (χ1) is 14.3. The van der Waals surface area contributed by atoms with E-state index in [4.69, 9.17) is 39.5 Å². The zero-order valence-corrected chi connectivity index (χ0v) is 18.4. The van der Waals surface area contributed by atoms with Gasteiger partial charge in [0, 0.05) is 5.02 Å². The largest absolute Gasteiger partial charge is 0.489 e. The summed E-state index contributed by atoms with van der Waals surface area (Å²) >= 11 is 17.7. The van der Waals surface area contributed by atoms with Crippen molar-refractivity contribution in [3.05, 3.63) is 97.8 Å². The van der Waals surface area contributed by atoms with E-state index in [1.165, 1.54) is 30.3 Å². The van der Waals surface area contributed by atoms with Gasteiger partial charge in [0.05, 0.1) is 14.9 Å². The van der Waals surface area contributed by atoms with Crippen LogP contribution in [0.3, 0.4) is 0 Å². The quantitative estimate of drug-likeness (QED) is 0.376. The van der Waals surface area contributed by atoms with Gasteiger partial charge >= 0.3 is 0 Å². The Morgan fingerprint density at radius 2 is 1.60 bits per heavy atom. The highest BCUT2D eigenvalue weighted by molar-refractivity contribution is 7.95. The molecule has 0 aliphatic heterocycles. The number of nitrogens with zero attached hydrogens (tertiary/aromatic N) is 1. The molecule has 0 aliphatic carbocycles. The predicted octanol–water partition coefficient (Wildman–Crippen LogP) is 6.56. The van der Waals surface area contributed by atoms with Crippen LogP contribution in [0, 0.1) is 11.3 Å². The smallest absolute Gasteiger partial charge is 0.216 e. The van der Waals surface area contributed by atoms with Gasteiger partial charge in [-0.1, -0.05) is 53.0 Å². The van der Waals surface area contributed by atoms with Crippen LogP contribution in [-0.4, -0.2) is 8.42 Å². The van der Waals surface area contributed by atoms with E-state index in [9.17, 15) is 13.7 Å². The van der Waals surface area contributed by atoms with Gasteiger partial charge in [-0.15, -0.1) is 0 Å². The van der Waals surface area contributed by atoms with Crippen LogP contribution >= 0.6 is 34.8 Å². The van der Waals surface area contributed by atoms with Crippen molar-refractivity contribution in [1.82, 2.24) is 0 Å². The lowest BCUT2D eigenvalue weighted by Gasteiger charge is -2.08. The number of hydrogen-bond donors (Lipinski definition) is 0. The average molecular weight is 479 g/mol. The summed E-state index contributed by atoms with van der Waals surface area (Å²) < 4.78 is 31.1.